The summed E-state index contributed by atoms with van der Waals surface area (Å²) in [4.78, 5) is 10.3. The van der Waals surface area contributed by atoms with Crippen LogP contribution in [0, 0.1) is 27.3 Å². The number of halogens is 2. The van der Waals surface area contributed by atoms with Crippen molar-refractivity contribution >= 4 is 27.3 Å². The zero-order chi connectivity index (χ0) is 13.5. The Morgan fingerprint density at radius 2 is 2.22 bits per heavy atom. The molecule has 18 heavy (non-hydrogen) atoms. The van der Waals surface area contributed by atoms with Crippen LogP contribution in [0.3, 0.4) is 0 Å². The van der Waals surface area contributed by atoms with Crippen LogP contribution in [0.25, 0.3) is 0 Å². The molecular weight excluding hydrogens is 303 g/mol. The molecule has 1 aliphatic rings. The molecule has 0 aliphatic heterocycles. The zero-order valence-electron chi connectivity index (χ0n) is 10.2. The Morgan fingerprint density at radius 1 is 1.61 bits per heavy atom. The van der Waals surface area contributed by atoms with Gasteiger partial charge in [-0.3, -0.25) is 10.1 Å². The third kappa shape index (κ3) is 2.63. The minimum absolute atomic E-state index is 0.227. The van der Waals surface area contributed by atoms with Crippen LogP contribution >= 0.6 is 15.9 Å². The Balaban J connectivity index is 2.16. The first kappa shape index (κ1) is 13.3. The highest BCUT2D eigenvalue weighted by Gasteiger charge is 2.45. The summed E-state index contributed by atoms with van der Waals surface area (Å²) in [6, 6.07) is 2.35. The van der Waals surface area contributed by atoms with Gasteiger partial charge in [-0.2, -0.15) is 0 Å². The molecule has 1 saturated carbocycles. The molecule has 1 aromatic rings. The van der Waals surface area contributed by atoms with E-state index in [0.29, 0.717) is 23.6 Å². The van der Waals surface area contributed by atoms with Crippen LogP contribution < -0.4 is 5.32 Å². The van der Waals surface area contributed by atoms with Crippen LogP contribution in [0.2, 0.25) is 0 Å². The first-order chi connectivity index (χ1) is 8.31. The molecular formula is C12H14BrFN2O2. The number of nitro groups is 1. The molecule has 1 aromatic carbocycles. The van der Waals surface area contributed by atoms with E-state index in [1.807, 2.05) is 0 Å². The Bertz CT molecular complexity index is 505. The fraction of sp³-hybridized carbons (Fsp3) is 0.500. The lowest BCUT2D eigenvalue weighted by molar-refractivity contribution is -0.384. The SMILES string of the molecule is CC1(C)CC1CNc1cc(Br)c(F)cc1[N+](=O)[O-]. The summed E-state index contributed by atoms with van der Waals surface area (Å²) in [6.07, 6.45) is 1.11. The molecule has 0 spiro atoms. The lowest BCUT2D eigenvalue weighted by Crippen LogP contribution is -2.09. The monoisotopic (exact) mass is 316 g/mol. The normalized spacial score (nSPS) is 20.6. The highest BCUT2D eigenvalue weighted by atomic mass is 79.9. The van der Waals surface area contributed by atoms with E-state index in [1.54, 1.807) is 0 Å². The van der Waals surface area contributed by atoms with Gasteiger partial charge in [0, 0.05) is 6.54 Å². The van der Waals surface area contributed by atoms with Crippen LogP contribution in [-0.2, 0) is 0 Å². The van der Waals surface area contributed by atoms with Crippen LogP contribution in [0.5, 0.6) is 0 Å². The highest BCUT2D eigenvalue weighted by molar-refractivity contribution is 9.10. The highest BCUT2D eigenvalue weighted by Crippen LogP contribution is 2.51. The van der Waals surface area contributed by atoms with E-state index in [1.165, 1.54) is 6.07 Å². The van der Waals surface area contributed by atoms with Crippen LogP contribution in [0.15, 0.2) is 16.6 Å². The first-order valence-corrected chi connectivity index (χ1v) is 6.48. The topological polar surface area (TPSA) is 55.2 Å². The summed E-state index contributed by atoms with van der Waals surface area (Å²) in [7, 11) is 0. The number of hydrogen-bond donors (Lipinski definition) is 1. The zero-order valence-corrected chi connectivity index (χ0v) is 11.8. The van der Waals surface area contributed by atoms with Gasteiger partial charge in [-0.1, -0.05) is 13.8 Å². The van der Waals surface area contributed by atoms with Crippen LogP contribution in [0.4, 0.5) is 15.8 Å². The molecule has 0 bridgehead atoms. The second-order valence-corrected chi connectivity index (χ2v) is 6.17. The predicted molar refractivity (Wildman–Crippen MR) is 71.1 cm³/mol. The molecule has 2 rings (SSSR count). The Hall–Kier alpha value is -1.17. The predicted octanol–water partition coefficient (Wildman–Crippen LogP) is 3.95. The van der Waals surface area contributed by atoms with E-state index in [4.69, 9.17) is 0 Å². The maximum absolute atomic E-state index is 13.3. The lowest BCUT2D eigenvalue weighted by Gasteiger charge is -2.09. The molecule has 0 saturated heterocycles. The van der Waals surface area contributed by atoms with Gasteiger partial charge in [-0.15, -0.1) is 0 Å². The second kappa shape index (κ2) is 4.50. The Kier molecular flexibility index (Phi) is 3.31. The van der Waals surface area contributed by atoms with Gasteiger partial charge < -0.3 is 5.32 Å². The van der Waals surface area contributed by atoms with Crippen molar-refractivity contribution in [1.29, 1.82) is 0 Å². The smallest absolute Gasteiger partial charge is 0.295 e. The van der Waals surface area contributed by atoms with Gasteiger partial charge in [0.1, 0.15) is 11.5 Å². The molecule has 0 radical (unpaired) electrons. The van der Waals surface area contributed by atoms with Crippen molar-refractivity contribution in [3.63, 3.8) is 0 Å². The van der Waals surface area contributed by atoms with Gasteiger partial charge in [0.15, 0.2) is 0 Å². The Labute approximate surface area is 113 Å². The molecule has 0 aromatic heterocycles. The standard InChI is InChI=1S/C12H14BrFN2O2/c1-12(2)5-7(12)6-15-10-3-8(13)9(14)4-11(10)16(17)18/h3-4,7,15H,5-6H2,1-2H3. The number of rotatable bonds is 4. The maximum Gasteiger partial charge on any atom is 0.295 e. The van der Waals surface area contributed by atoms with Crippen LogP contribution in [0.1, 0.15) is 20.3 Å². The molecule has 0 amide bonds. The average Bonchev–Trinajstić information content (AvgIpc) is 2.87. The van der Waals surface area contributed by atoms with E-state index < -0.39 is 10.7 Å². The summed E-state index contributed by atoms with van der Waals surface area (Å²) in [5.41, 5.74) is 0.434. The number of nitrogens with zero attached hydrogens (tertiary/aromatic N) is 1. The van der Waals surface area contributed by atoms with Crippen molar-refractivity contribution in [3.05, 3.63) is 32.5 Å². The quantitative estimate of drug-likeness (QED) is 0.675. The van der Waals surface area contributed by atoms with Crippen molar-refractivity contribution in [3.8, 4) is 0 Å². The molecule has 1 N–H and O–H groups in total. The minimum atomic E-state index is -0.626. The van der Waals surface area contributed by atoms with E-state index in [-0.39, 0.29) is 10.2 Å². The van der Waals surface area contributed by atoms with Crippen LogP contribution in [-0.4, -0.2) is 11.5 Å². The van der Waals surface area contributed by atoms with E-state index in [2.05, 4.69) is 35.1 Å². The molecule has 0 heterocycles. The van der Waals surface area contributed by atoms with E-state index in [0.717, 1.165) is 12.5 Å². The van der Waals surface area contributed by atoms with Crippen molar-refractivity contribution in [1.82, 2.24) is 0 Å². The van der Waals surface area contributed by atoms with E-state index >= 15 is 0 Å². The summed E-state index contributed by atoms with van der Waals surface area (Å²) in [5, 5.41) is 13.9. The van der Waals surface area contributed by atoms with Gasteiger partial charge in [-0.25, -0.2) is 4.39 Å². The fourth-order valence-corrected chi connectivity index (χ4v) is 2.33. The van der Waals surface area contributed by atoms with Crippen molar-refractivity contribution in [2.75, 3.05) is 11.9 Å². The molecule has 1 atom stereocenters. The molecule has 1 fully saturated rings. The minimum Gasteiger partial charge on any atom is -0.379 e. The van der Waals surface area contributed by atoms with Gasteiger partial charge >= 0.3 is 0 Å². The first-order valence-electron chi connectivity index (χ1n) is 5.68. The molecule has 1 unspecified atom stereocenters. The maximum atomic E-state index is 13.3. The van der Waals surface area contributed by atoms with E-state index in [9.17, 15) is 14.5 Å². The van der Waals surface area contributed by atoms with Gasteiger partial charge in [0.2, 0.25) is 0 Å². The third-order valence-electron chi connectivity index (χ3n) is 3.49. The van der Waals surface area contributed by atoms with Gasteiger partial charge in [-0.05, 0) is 39.8 Å². The van der Waals surface area contributed by atoms with Gasteiger partial charge in [0.05, 0.1) is 15.5 Å². The van der Waals surface area contributed by atoms with Gasteiger partial charge in [0.25, 0.3) is 5.69 Å². The Morgan fingerprint density at radius 3 is 2.72 bits per heavy atom. The summed E-state index contributed by atoms with van der Waals surface area (Å²) in [6.45, 7) is 4.99. The molecule has 4 nitrogen and oxygen atoms in total. The molecule has 1 aliphatic carbocycles. The summed E-state index contributed by atoms with van der Waals surface area (Å²) in [5.74, 6) is -0.111. The summed E-state index contributed by atoms with van der Waals surface area (Å²) < 4.78 is 13.5. The average molecular weight is 317 g/mol. The molecule has 6 heteroatoms. The van der Waals surface area contributed by atoms with Crippen molar-refractivity contribution in [2.45, 2.75) is 20.3 Å². The number of hydrogen-bond acceptors (Lipinski definition) is 3. The van der Waals surface area contributed by atoms with Crippen molar-refractivity contribution in [2.24, 2.45) is 11.3 Å². The second-order valence-electron chi connectivity index (χ2n) is 5.31. The van der Waals surface area contributed by atoms with Crippen molar-refractivity contribution < 1.29 is 9.31 Å². The number of nitrogens with one attached hydrogen (secondary N) is 1. The lowest BCUT2D eigenvalue weighted by atomic mass is 10.1. The third-order valence-corrected chi connectivity index (χ3v) is 4.10. The summed E-state index contributed by atoms with van der Waals surface area (Å²) >= 11 is 3.04. The number of benzene rings is 1. The molecule has 98 valence electrons. The fourth-order valence-electron chi connectivity index (χ4n) is 1.99. The number of anilines is 1. The number of nitro benzene ring substituents is 1. The largest absolute Gasteiger partial charge is 0.379 e.